The van der Waals surface area contributed by atoms with Gasteiger partial charge in [0.25, 0.3) is 0 Å². The Morgan fingerprint density at radius 1 is 0.955 bits per heavy atom. The van der Waals surface area contributed by atoms with Crippen LogP contribution < -0.4 is 5.32 Å². The summed E-state index contributed by atoms with van der Waals surface area (Å²) in [5.74, 6) is 0. The van der Waals surface area contributed by atoms with E-state index in [2.05, 4.69) is 66.9 Å². The number of aromatic nitrogens is 2. The van der Waals surface area contributed by atoms with Gasteiger partial charge >= 0.3 is 0 Å². The van der Waals surface area contributed by atoms with Gasteiger partial charge in [-0.3, -0.25) is 4.40 Å². The molecule has 2 aromatic heterocycles. The number of aryl methyl sites for hydroxylation is 1. The number of fused-ring (bicyclic) bond motifs is 3. The zero-order valence-electron chi connectivity index (χ0n) is 13.1. The van der Waals surface area contributed by atoms with Crippen LogP contribution in [0.4, 0.5) is 0 Å². The molecule has 108 valence electrons. The van der Waals surface area contributed by atoms with Crippen LogP contribution in [0.2, 0.25) is 13.1 Å². The van der Waals surface area contributed by atoms with E-state index in [1.54, 1.807) is 0 Å². The molecule has 1 aliphatic heterocycles. The van der Waals surface area contributed by atoms with Crippen molar-refractivity contribution in [2.75, 3.05) is 0 Å². The van der Waals surface area contributed by atoms with E-state index < -0.39 is 8.07 Å². The predicted octanol–water partition coefficient (Wildman–Crippen LogP) is 3.96. The summed E-state index contributed by atoms with van der Waals surface area (Å²) in [4.78, 5) is 4.99. The molecule has 0 saturated heterocycles. The SMILES string of the molecule is Cc1nc2c3ccccc3c3cccc4c3n2c1[Si](C)(C)C4. The normalized spacial score (nSPS) is 16.1. The molecule has 22 heavy (non-hydrogen) atoms. The average Bonchev–Trinajstić information content (AvgIpc) is 2.85. The lowest BCUT2D eigenvalue weighted by Gasteiger charge is -2.30. The van der Waals surface area contributed by atoms with Crippen LogP contribution in [0, 0.1) is 6.92 Å². The molecule has 0 atom stereocenters. The minimum atomic E-state index is -1.50. The first-order valence-electron chi connectivity index (χ1n) is 7.90. The van der Waals surface area contributed by atoms with Crippen molar-refractivity contribution < 1.29 is 0 Å². The summed E-state index contributed by atoms with van der Waals surface area (Å²) in [6.07, 6.45) is 0. The van der Waals surface area contributed by atoms with Crippen LogP contribution in [0.5, 0.6) is 0 Å². The molecular weight excluding hydrogens is 284 g/mol. The lowest BCUT2D eigenvalue weighted by Crippen LogP contribution is -2.50. The molecule has 2 aromatic carbocycles. The summed E-state index contributed by atoms with van der Waals surface area (Å²) < 4.78 is 2.48. The van der Waals surface area contributed by atoms with Crippen LogP contribution in [0.3, 0.4) is 0 Å². The summed E-state index contributed by atoms with van der Waals surface area (Å²) in [6, 6.07) is 16.7. The highest BCUT2D eigenvalue weighted by Gasteiger charge is 2.35. The Balaban J connectivity index is 2.23. The maximum atomic E-state index is 4.99. The van der Waals surface area contributed by atoms with Crippen molar-refractivity contribution >= 4 is 40.7 Å². The molecule has 0 saturated carbocycles. The van der Waals surface area contributed by atoms with E-state index in [0.29, 0.717) is 0 Å². The van der Waals surface area contributed by atoms with Crippen molar-refractivity contribution in [2.45, 2.75) is 26.1 Å². The number of benzene rings is 2. The molecule has 1 aliphatic rings. The highest BCUT2D eigenvalue weighted by Crippen LogP contribution is 2.34. The van der Waals surface area contributed by atoms with E-state index in [4.69, 9.17) is 4.98 Å². The van der Waals surface area contributed by atoms with Gasteiger partial charge in [0, 0.05) is 16.1 Å². The number of hydrogen-bond donors (Lipinski definition) is 0. The van der Waals surface area contributed by atoms with Crippen LogP contribution in [-0.2, 0) is 6.04 Å². The number of imidazole rings is 1. The number of nitrogens with zero attached hydrogens (tertiary/aromatic N) is 2. The van der Waals surface area contributed by atoms with Gasteiger partial charge in [-0.25, -0.2) is 4.98 Å². The molecule has 2 nitrogen and oxygen atoms in total. The topological polar surface area (TPSA) is 17.3 Å². The molecule has 0 bridgehead atoms. The number of para-hydroxylation sites is 1. The zero-order valence-corrected chi connectivity index (χ0v) is 14.1. The zero-order chi connectivity index (χ0) is 15.1. The van der Waals surface area contributed by atoms with Crippen molar-refractivity contribution in [3.8, 4) is 0 Å². The lowest BCUT2D eigenvalue weighted by atomic mass is 10.0. The standard InChI is InChI=1S/C19H18N2Si/c1-12-19-21-17-13(11-22(19,2)3)7-6-10-15(17)14-8-4-5-9-16(14)18(21)20-12/h4-10H,11H2,1-3H3. The Morgan fingerprint density at radius 2 is 1.68 bits per heavy atom. The van der Waals surface area contributed by atoms with Gasteiger partial charge in [-0.05, 0) is 23.9 Å². The first-order chi connectivity index (χ1) is 10.6. The first-order valence-corrected chi connectivity index (χ1v) is 11.1. The Kier molecular flexibility index (Phi) is 2.14. The highest BCUT2D eigenvalue weighted by molar-refractivity contribution is 6.89. The second-order valence-electron chi connectivity index (χ2n) is 7.12. The Morgan fingerprint density at radius 3 is 2.50 bits per heavy atom. The van der Waals surface area contributed by atoms with Gasteiger partial charge in [-0.2, -0.15) is 0 Å². The van der Waals surface area contributed by atoms with Gasteiger partial charge < -0.3 is 0 Å². The maximum absolute atomic E-state index is 4.99. The Bertz CT molecular complexity index is 1090. The second-order valence-corrected chi connectivity index (χ2v) is 11.7. The smallest absolute Gasteiger partial charge is 0.145 e. The fraction of sp³-hybridized carbons (Fsp3) is 0.211. The minimum Gasteiger partial charge on any atom is -0.300 e. The van der Waals surface area contributed by atoms with Gasteiger partial charge in [0.2, 0.25) is 0 Å². The lowest BCUT2D eigenvalue weighted by molar-refractivity contribution is 1.19. The van der Waals surface area contributed by atoms with Crippen LogP contribution >= 0.6 is 0 Å². The largest absolute Gasteiger partial charge is 0.300 e. The van der Waals surface area contributed by atoms with Crippen molar-refractivity contribution in [1.29, 1.82) is 0 Å². The molecule has 0 fully saturated rings. The number of rotatable bonds is 0. The van der Waals surface area contributed by atoms with E-state index in [9.17, 15) is 0 Å². The van der Waals surface area contributed by atoms with Gasteiger partial charge in [0.05, 0.1) is 11.2 Å². The molecule has 0 spiro atoms. The fourth-order valence-corrected chi connectivity index (χ4v) is 7.67. The quantitative estimate of drug-likeness (QED) is 0.355. The third-order valence-electron chi connectivity index (χ3n) is 5.13. The van der Waals surface area contributed by atoms with Crippen molar-refractivity contribution in [1.82, 2.24) is 9.38 Å². The van der Waals surface area contributed by atoms with Crippen LogP contribution in [0.15, 0.2) is 42.5 Å². The molecule has 0 radical (unpaired) electrons. The average molecular weight is 302 g/mol. The monoisotopic (exact) mass is 302 g/mol. The summed E-state index contributed by atoms with van der Waals surface area (Å²) >= 11 is 0. The molecule has 3 heteroatoms. The van der Waals surface area contributed by atoms with Gasteiger partial charge in [0.1, 0.15) is 13.7 Å². The Labute approximate surface area is 130 Å². The summed E-state index contributed by atoms with van der Waals surface area (Å²) in [6.45, 7) is 7.13. The van der Waals surface area contributed by atoms with E-state index >= 15 is 0 Å². The van der Waals surface area contributed by atoms with Crippen molar-refractivity contribution in [2.24, 2.45) is 0 Å². The molecule has 0 N–H and O–H groups in total. The molecular formula is C19H18N2Si. The van der Waals surface area contributed by atoms with E-state index in [1.165, 1.54) is 44.3 Å². The molecule has 4 aromatic rings. The van der Waals surface area contributed by atoms with Gasteiger partial charge in [0.15, 0.2) is 0 Å². The minimum absolute atomic E-state index is 1.14. The third kappa shape index (κ3) is 1.33. The van der Waals surface area contributed by atoms with Crippen LogP contribution in [-0.4, -0.2) is 17.5 Å². The van der Waals surface area contributed by atoms with Crippen molar-refractivity contribution in [3.05, 3.63) is 53.7 Å². The molecule has 0 unspecified atom stereocenters. The maximum Gasteiger partial charge on any atom is 0.145 e. The third-order valence-corrected chi connectivity index (χ3v) is 8.26. The number of hydrogen-bond acceptors (Lipinski definition) is 1. The van der Waals surface area contributed by atoms with Crippen LogP contribution in [0.1, 0.15) is 11.3 Å². The molecule has 3 heterocycles. The molecule has 0 amide bonds. The highest BCUT2D eigenvalue weighted by atomic mass is 28.3. The van der Waals surface area contributed by atoms with Gasteiger partial charge in [-0.1, -0.05) is 55.6 Å². The Hall–Kier alpha value is -2.13. The summed E-state index contributed by atoms with van der Waals surface area (Å²) in [5.41, 5.74) is 5.25. The second kappa shape index (κ2) is 3.79. The number of pyridine rings is 1. The van der Waals surface area contributed by atoms with Crippen LogP contribution in [0.25, 0.3) is 27.3 Å². The predicted molar refractivity (Wildman–Crippen MR) is 95.8 cm³/mol. The fourth-order valence-electron chi connectivity index (χ4n) is 4.41. The van der Waals surface area contributed by atoms with Crippen molar-refractivity contribution in [3.63, 3.8) is 0 Å². The van der Waals surface area contributed by atoms with E-state index in [0.717, 1.165) is 5.65 Å². The van der Waals surface area contributed by atoms with E-state index in [-0.39, 0.29) is 0 Å². The first kappa shape index (κ1) is 12.4. The molecule has 5 rings (SSSR count). The van der Waals surface area contributed by atoms with Gasteiger partial charge in [-0.15, -0.1) is 0 Å². The molecule has 0 aliphatic carbocycles. The van der Waals surface area contributed by atoms with E-state index in [1.807, 2.05) is 0 Å². The summed E-state index contributed by atoms with van der Waals surface area (Å²) in [5, 5.41) is 5.47. The summed E-state index contributed by atoms with van der Waals surface area (Å²) in [7, 11) is -1.50.